The van der Waals surface area contributed by atoms with Crippen molar-refractivity contribution in [3.8, 4) is 11.3 Å². The van der Waals surface area contributed by atoms with Gasteiger partial charge >= 0.3 is 6.03 Å². The number of para-hydroxylation sites is 1. The Morgan fingerprint density at radius 3 is 2.82 bits per heavy atom. The molecule has 2 N–H and O–H groups in total. The van der Waals surface area contributed by atoms with Crippen LogP contribution in [0.4, 0.5) is 10.5 Å². The Morgan fingerprint density at radius 2 is 2.05 bits per heavy atom. The van der Waals surface area contributed by atoms with Crippen LogP contribution in [0.1, 0.15) is 5.76 Å². The van der Waals surface area contributed by atoms with Crippen LogP contribution in [0.2, 0.25) is 5.02 Å². The lowest BCUT2D eigenvalue weighted by Crippen LogP contribution is -2.28. The second kappa shape index (κ2) is 6.68. The van der Waals surface area contributed by atoms with Crippen molar-refractivity contribution in [1.29, 1.82) is 0 Å². The van der Waals surface area contributed by atoms with Gasteiger partial charge in [-0.3, -0.25) is 0 Å². The SMILES string of the molecule is O=C(NCc1ccc(-c2ccsc2)o1)Nc1ccccc1Cl. The van der Waals surface area contributed by atoms with Gasteiger partial charge in [0.05, 0.1) is 17.3 Å². The third kappa shape index (κ3) is 3.50. The molecule has 0 aliphatic rings. The molecule has 0 saturated heterocycles. The fraction of sp³-hybridized carbons (Fsp3) is 0.0625. The molecule has 0 spiro atoms. The Hall–Kier alpha value is -2.24. The van der Waals surface area contributed by atoms with E-state index in [0.717, 1.165) is 11.3 Å². The van der Waals surface area contributed by atoms with Crippen molar-refractivity contribution >= 4 is 34.7 Å². The maximum Gasteiger partial charge on any atom is 0.319 e. The Bertz CT molecular complexity index is 768. The van der Waals surface area contributed by atoms with Crippen LogP contribution in [0.3, 0.4) is 0 Å². The van der Waals surface area contributed by atoms with E-state index in [9.17, 15) is 4.79 Å². The maximum atomic E-state index is 11.9. The monoisotopic (exact) mass is 332 g/mol. The fourth-order valence-corrected chi connectivity index (χ4v) is 2.76. The van der Waals surface area contributed by atoms with Crippen molar-refractivity contribution in [2.45, 2.75) is 6.54 Å². The van der Waals surface area contributed by atoms with E-state index in [2.05, 4.69) is 10.6 Å². The minimum Gasteiger partial charge on any atom is -0.459 e. The number of hydrogen-bond acceptors (Lipinski definition) is 3. The number of carbonyl (C=O) groups is 1. The average molecular weight is 333 g/mol. The third-order valence-corrected chi connectivity index (χ3v) is 4.03. The van der Waals surface area contributed by atoms with E-state index in [1.54, 1.807) is 35.6 Å². The van der Waals surface area contributed by atoms with Crippen LogP contribution in [-0.4, -0.2) is 6.03 Å². The number of nitrogens with one attached hydrogen (secondary N) is 2. The number of rotatable bonds is 4. The number of furan rings is 1. The highest BCUT2D eigenvalue weighted by molar-refractivity contribution is 7.08. The molecule has 22 heavy (non-hydrogen) atoms. The highest BCUT2D eigenvalue weighted by Gasteiger charge is 2.08. The predicted octanol–water partition coefficient (Wildman–Crippen LogP) is 4.98. The molecule has 112 valence electrons. The molecule has 6 heteroatoms. The van der Waals surface area contributed by atoms with E-state index < -0.39 is 0 Å². The molecule has 2 heterocycles. The van der Waals surface area contributed by atoms with Gasteiger partial charge in [0.25, 0.3) is 0 Å². The van der Waals surface area contributed by atoms with Crippen LogP contribution in [0.25, 0.3) is 11.3 Å². The second-order valence-corrected chi connectivity index (χ2v) is 5.75. The van der Waals surface area contributed by atoms with Gasteiger partial charge in [0.2, 0.25) is 0 Å². The number of amides is 2. The van der Waals surface area contributed by atoms with Crippen LogP contribution in [0.5, 0.6) is 0 Å². The van der Waals surface area contributed by atoms with Crippen LogP contribution in [-0.2, 0) is 6.54 Å². The number of carbonyl (C=O) groups excluding carboxylic acids is 1. The third-order valence-electron chi connectivity index (χ3n) is 3.01. The number of halogens is 1. The van der Waals surface area contributed by atoms with Gasteiger partial charge in [0.15, 0.2) is 0 Å². The Morgan fingerprint density at radius 1 is 1.18 bits per heavy atom. The van der Waals surface area contributed by atoms with E-state index in [1.165, 1.54) is 0 Å². The van der Waals surface area contributed by atoms with E-state index in [1.807, 2.05) is 29.0 Å². The minimum atomic E-state index is -0.332. The quantitative estimate of drug-likeness (QED) is 0.707. The van der Waals surface area contributed by atoms with Gasteiger partial charge in [0.1, 0.15) is 11.5 Å². The molecule has 0 aliphatic heterocycles. The van der Waals surface area contributed by atoms with Crippen molar-refractivity contribution in [2.24, 2.45) is 0 Å². The van der Waals surface area contributed by atoms with Crippen LogP contribution >= 0.6 is 22.9 Å². The zero-order valence-electron chi connectivity index (χ0n) is 11.5. The summed E-state index contributed by atoms with van der Waals surface area (Å²) in [5.74, 6) is 1.49. The molecular weight excluding hydrogens is 320 g/mol. The summed E-state index contributed by atoms with van der Waals surface area (Å²) in [6, 6.07) is 12.5. The first-order valence-electron chi connectivity index (χ1n) is 6.63. The summed E-state index contributed by atoms with van der Waals surface area (Å²) in [5.41, 5.74) is 1.61. The molecule has 0 bridgehead atoms. The molecule has 0 atom stereocenters. The van der Waals surface area contributed by atoms with Gasteiger partial charge < -0.3 is 15.1 Å². The van der Waals surface area contributed by atoms with Crippen LogP contribution in [0, 0.1) is 0 Å². The number of hydrogen-bond donors (Lipinski definition) is 2. The van der Waals surface area contributed by atoms with Crippen molar-refractivity contribution < 1.29 is 9.21 Å². The molecule has 0 unspecified atom stereocenters. The molecule has 3 aromatic rings. The van der Waals surface area contributed by atoms with Crippen LogP contribution < -0.4 is 10.6 Å². The predicted molar refractivity (Wildman–Crippen MR) is 89.3 cm³/mol. The van der Waals surface area contributed by atoms with E-state index >= 15 is 0 Å². The molecule has 0 saturated carbocycles. The zero-order chi connectivity index (χ0) is 15.4. The normalized spacial score (nSPS) is 10.4. The average Bonchev–Trinajstić information content (AvgIpc) is 3.18. The summed E-state index contributed by atoms with van der Waals surface area (Å²) in [7, 11) is 0. The Balaban J connectivity index is 1.56. The lowest BCUT2D eigenvalue weighted by molar-refractivity contribution is 0.251. The van der Waals surface area contributed by atoms with Crippen molar-refractivity contribution in [2.75, 3.05) is 5.32 Å². The molecule has 2 amide bonds. The zero-order valence-corrected chi connectivity index (χ0v) is 13.1. The Labute approximate surface area is 136 Å². The molecule has 3 rings (SSSR count). The number of thiophene rings is 1. The van der Waals surface area contributed by atoms with E-state index in [-0.39, 0.29) is 6.03 Å². The van der Waals surface area contributed by atoms with Gasteiger partial charge in [-0.05, 0) is 35.7 Å². The first-order chi connectivity index (χ1) is 10.7. The highest BCUT2D eigenvalue weighted by atomic mass is 35.5. The van der Waals surface area contributed by atoms with Gasteiger partial charge in [0, 0.05) is 10.9 Å². The first kappa shape index (κ1) is 14.7. The van der Waals surface area contributed by atoms with Crippen molar-refractivity contribution in [1.82, 2.24) is 5.32 Å². The summed E-state index contributed by atoms with van der Waals surface area (Å²) >= 11 is 7.60. The molecule has 0 radical (unpaired) electrons. The number of anilines is 1. The molecule has 4 nitrogen and oxygen atoms in total. The van der Waals surface area contributed by atoms with Crippen LogP contribution in [0.15, 0.2) is 57.6 Å². The van der Waals surface area contributed by atoms with Crippen molar-refractivity contribution in [3.05, 3.63) is 64.0 Å². The second-order valence-electron chi connectivity index (χ2n) is 4.57. The smallest absolute Gasteiger partial charge is 0.319 e. The summed E-state index contributed by atoms with van der Waals surface area (Å²) in [6.07, 6.45) is 0. The molecule has 0 fully saturated rings. The lowest BCUT2D eigenvalue weighted by atomic mass is 10.3. The van der Waals surface area contributed by atoms with E-state index in [0.29, 0.717) is 23.0 Å². The largest absolute Gasteiger partial charge is 0.459 e. The first-order valence-corrected chi connectivity index (χ1v) is 7.95. The summed E-state index contributed by atoms with van der Waals surface area (Å²) in [6.45, 7) is 0.306. The number of urea groups is 1. The highest BCUT2D eigenvalue weighted by Crippen LogP contribution is 2.24. The fourth-order valence-electron chi connectivity index (χ4n) is 1.93. The topological polar surface area (TPSA) is 54.3 Å². The van der Waals surface area contributed by atoms with Gasteiger partial charge in [-0.25, -0.2) is 4.79 Å². The summed E-state index contributed by atoms with van der Waals surface area (Å²) in [5, 5.41) is 9.93. The van der Waals surface area contributed by atoms with Gasteiger partial charge in [-0.1, -0.05) is 23.7 Å². The van der Waals surface area contributed by atoms with Crippen molar-refractivity contribution in [3.63, 3.8) is 0 Å². The lowest BCUT2D eigenvalue weighted by Gasteiger charge is -2.07. The summed E-state index contributed by atoms with van der Waals surface area (Å²) in [4.78, 5) is 11.9. The molecular formula is C16H13ClN2O2S. The van der Waals surface area contributed by atoms with Gasteiger partial charge in [-0.2, -0.15) is 11.3 Å². The molecule has 2 aromatic heterocycles. The molecule has 1 aromatic carbocycles. The maximum absolute atomic E-state index is 11.9. The summed E-state index contributed by atoms with van der Waals surface area (Å²) < 4.78 is 5.69. The Kier molecular flexibility index (Phi) is 4.46. The standard InChI is InChI=1S/C16H13ClN2O2S/c17-13-3-1-2-4-14(13)19-16(20)18-9-12-5-6-15(21-12)11-7-8-22-10-11/h1-8,10H,9H2,(H2,18,19,20). The molecule has 0 aliphatic carbocycles. The van der Waals surface area contributed by atoms with Gasteiger partial charge in [-0.15, -0.1) is 0 Å². The number of benzene rings is 1. The van der Waals surface area contributed by atoms with E-state index in [4.69, 9.17) is 16.0 Å². The minimum absolute atomic E-state index is 0.306.